The van der Waals surface area contributed by atoms with Crippen LogP contribution in [0.25, 0.3) is 11.1 Å². The molecule has 2 aromatic rings. The molecule has 1 amide bonds. The maximum Gasteiger partial charge on any atom is 0.254 e. The molecule has 2 aliphatic rings. The van der Waals surface area contributed by atoms with Gasteiger partial charge in [0.1, 0.15) is 5.82 Å². The van der Waals surface area contributed by atoms with E-state index in [2.05, 4.69) is 5.32 Å². The molecule has 1 N–H and O–H groups in total. The molecule has 0 radical (unpaired) electrons. The third-order valence-corrected chi connectivity index (χ3v) is 4.97. The lowest BCUT2D eigenvalue weighted by Gasteiger charge is -2.19. The normalized spacial score (nSPS) is 23.1. The van der Waals surface area contributed by atoms with Gasteiger partial charge in [0.05, 0.1) is 0 Å². The van der Waals surface area contributed by atoms with Gasteiger partial charge < -0.3 is 10.2 Å². The van der Waals surface area contributed by atoms with Gasteiger partial charge in [0, 0.05) is 31.7 Å². The minimum atomic E-state index is -0.286. The number of rotatable bonds is 2. The SMILES string of the molecule is O=C(c1ccccc1-c1cccc(F)c1)N1CC2CNCC2C1. The van der Waals surface area contributed by atoms with Crippen molar-refractivity contribution >= 4 is 5.91 Å². The summed E-state index contributed by atoms with van der Waals surface area (Å²) >= 11 is 0. The minimum Gasteiger partial charge on any atom is -0.338 e. The summed E-state index contributed by atoms with van der Waals surface area (Å²) in [6.45, 7) is 3.63. The highest BCUT2D eigenvalue weighted by molar-refractivity contribution is 6.01. The zero-order valence-corrected chi connectivity index (χ0v) is 12.8. The summed E-state index contributed by atoms with van der Waals surface area (Å²) in [5.41, 5.74) is 2.20. The molecule has 0 aromatic heterocycles. The van der Waals surface area contributed by atoms with Crippen LogP contribution in [0.5, 0.6) is 0 Å². The standard InChI is InChI=1S/C19H19FN2O/c20-16-5-3-4-13(8-16)17-6-1-2-7-18(17)19(23)22-11-14-9-21-10-15(14)12-22/h1-8,14-15,21H,9-12H2. The molecule has 2 heterocycles. The first-order valence-electron chi connectivity index (χ1n) is 8.07. The van der Waals surface area contributed by atoms with E-state index in [1.165, 1.54) is 12.1 Å². The first kappa shape index (κ1) is 14.4. The van der Waals surface area contributed by atoms with Gasteiger partial charge in [0.2, 0.25) is 0 Å². The van der Waals surface area contributed by atoms with Crippen molar-refractivity contribution in [2.24, 2.45) is 11.8 Å². The van der Waals surface area contributed by atoms with Crippen LogP contribution in [-0.2, 0) is 0 Å². The molecule has 23 heavy (non-hydrogen) atoms. The molecular formula is C19H19FN2O. The lowest BCUT2D eigenvalue weighted by atomic mass is 9.99. The number of carbonyl (C=O) groups is 1. The van der Waals surface area contributed by atoms with Gasteiger partial charge in [0.15, 0.2) is 0 Å². The molecule has 0 spiro atoms. The molecule has 118 valence electrons. The molecule has 4 heteroatoms. The van der Waals surface area contributed by atoms with Crippen molar-refractivity contribution in [3.8, 4) is 11.1 Å². The fraction of sp³-hybridized carbons (Fsp3) is 0.316. The van der Waals surface area contributed by atoms with Crippen molar-refractivity contribution < 1.29 is 9.18 Å². The van der Waals surface area contributed by atoms with E-state index in [0.29, 0.717) is 17.4 Å². The second kappa shape index (κ2) is 5.78. The highest BCUT2D eigenvalue weighted by Gasteiger charge is 2.38. The number of benzene rings is 2. The average Bonchev–Trinajstić information content (AvgIpc) is 3.16. The number of nitrogens with one attached hydrogen (secondary N) is 1. The topological polar surface area (TPSA) is 32.3 Å². The van der Waals surface area contributed by atoms with Gasteiger partial charge >= 0.3 is 0 Å². The molecule has 0 saturated carbocycles. The van der Waals surface area contributed by atoms with Crippen molar-refractivity contribution in [1.29, 1.82) is 0 Å². The van der Waals surface area contributed by atoms with Crippen molar-refractivity contribution in [3.05, 3.63) is 59.9 Å². The van der Waals surface area contributed by atoms with Crippen LogP contribution in [0.3, 0.4) is 0 Å². The Morgan fingerprint density at radius 1 is 1.04 bits per heavy atom. The molecule has 0 aliphatic carbocycles. The van der Waals surface area contributed by atoms with Crippen molar-refractivity contribution in [2.75, 3.05) is 26.2 Å². The fourth-order valence-corrected chi connectivity index (χ4v) is 3.77. The smallest absolute Gasteiger partial charge is 0.254 e. The molecule has 0 bridgehead atoms. The largest absolute Gasteiger partial charge is 0.338 e. The predicted octanol–water partition coefficient (Wildman–Crippen LogP) is 2.78. The lowest BCUT2D eigenvalue weighted by Crippen LogP contribution is -2.32. The molecule has 2 saturated heterocycles. The van der Waals surface area contributed by atoms with E-state index in [1.807, 2.05) is 35.2 Å². The van der Waals surface area contributed by atoms with E-state index in [4.69, 9.17) is 0 Å². The summed E-state index contributed by atoms with van der Waals surface area (Å²) in [6, 6.07) is 13.9. The van der Waals surface area contributed by atoms with Gasteiger partial charge in [-0.25, -0.2) is 4.39 Å². The van der Waals surface area contributed by atoms with Gasteiger partial charge in [-0.2, -0.15) is 0 Å². The van der Waals surface area contributed by atoms with Gasteiger partial charge in [0.25, 0.3) is 5.91 Å². The van der Waals surface area contributed by atoms with E-state index in [-0.39, 0.29) is 11.7 Å². The minimum absolute atomic E-state index is 0.0549. The first-order valence-corrected chi connectivity index (χ1v) is 8.07. The Hall–Kier alpha value is -2.20. The van der Waals surface area contributed by atoms with Crippen LogP contribution < -0.4 is 5.32 Å². The Labute approximate surface area is 135 Å². The van der Waals surface area contributed by atoms with Gasteiger partial charge in [-0.15, -0.1) is 0 Å². The van der Waals surface area contributed by atoms with Gasteiger partial charge in [-0.05, 0) is 41.2 Å². The van der Waals surface area contributed by atoms with Crippen LogP contribution in [0, 0.1) is 17.7 Å². The number of carbonyl (C=O) groups excluding carboxylic acids is 1. The van der Waals surface area contributed by atoms with E-state index >= 15 is 0 Å². The first-order chi connectivity index (χ1) is 11.2. The third-order valence-electron chi connectivity index (χ3n) is 4.97. The van der Waals surface area contributed by atoms with E-state index < -0.39 is 0 Å². The van der Waals surface area contributed by atoms with Crippen molar-refractivity contribution in [2.45, 2.75) is 0 Å². The maximum absolute atomic E-state index is 13.5. The summed E-state index contributed by atoms with van der Waals surface area (Å²) in [4.78, 5) is 14.9. The van der Waals surface area contributed by atoms with Gasteiger partial charge in [-0.1, -0.05) is 30.3 Å². The van der Waals surface area contributed by atoms with Crippen LogP contribution in [-0.4, -0.2) is 37.0 Å². The number of likely N-dealkylation sites (tertiary alicyclic amines) is 1. The highest BCUT2D eigenvalue weighted by Crippen LogP contribution is 2.30. The second-order valence-corrected chi connectivity index (χ2v) is 6.44. The molecular weight excluding hydrogens is 291 g/mol. The van der Waals surface area contributed by atoms with E-state index in [9.17, 15) is 9.18 Å². The molecule has 2 fully saturated rings. The number of halogens is 1. The summed E-state index contributed by atoms with van der Waals surface area (Å²) in [6.07, 6.45) is 0. The number of hydrogen-bond acceptors (Lipinski definition) is 2. The zero-order chi connectivity index (χ0) is 15.8. The quantitative estimate of drug-likeness (QED) is 0.925. The van der Waals surface area contributed by atoms with Crippen LogP contribution >= 0.6 is 0 Å². The Kier molecular flexibility index (Phi) is 3.62. The zero-order valence-electron chi connectivity index (χ0n) is 12.8. The van der Waals surface area contributed by atoms with Crippen LogP contribution in [0.4, 0.5) is 4.39 Å². The summed E-state index contributed by atoms with van der Waals surface area (Å²) < 4.78 is 13.5. The molecule has 2 atom stereocenters. The maximum atomic E-state index is 13.5. The molecule has 3 nitrogen and oxygen atoms in total. The molecule has 2 aromatic carbocycles. The number of nitrogens with zero attached hydrogens (tertiary/aromatic N) is 1. The Bertz CT molecular complexity index is 734. The predicted molar refractivity (Wildman–Crippen MR) is 87.6 cm³/mol. The van der Waals surface area contributed by atoms with Crippen LogP contribution in [0.15, 0.2) is 48.5 Å². The van der Waals surface area contributed by atoms with E-state index in [1.54, 1.807) is 6.07 Å². The third kappa shape index (κ3) is 2.63. The highest BCUT2D eigenvalue weighted by atomic mass is 19.1. The van der Waals surface area contributed by atoms with Crippen molar-refractivity contribution in [3.63, 3.8) is 0 Å². The summed E-state index contributed by atoms with van der Waals surface area (Å²) in [7, 11) is 0. The van der Waals surface area contributed by atoms with Crippen LogP contribution in [0.1, 0.15) is 10.4 Å². The van der Waals surface area contributed by atoms with E-state index in [0.717, 1.165) is 37.3 Å². The second-order valence-electron chi connectivity index (χ2n) is 6.44. The Balaban J connectivity index is 1.65. The fourth-order valence-electron chi connectivity index (χ4n) is 3.77. The molecule has 4 rings (SSSR count). The average molecular weight is 310 g/mol. The summed E-state index contributed by atoms with van der Waals surface area (Å²) in [5.74, 6) is 0.909. The lowest BCUT2D eigenvalue weighted by molar-refractivity contribution is 0.0782. The molecule has 2 unspecified atom stereocenters. The van der Waals surface area contributed by atoms with Crippen molar-refractivity contribution in [1.82, 2.24) is 10.2 Å². The van der Waals surface area contributed by atoms with Crippen LogP contribution in [0.2, 0.25) is 0 Å². The monoisotopic (exact) mass is 310 g/mol. The van der Waals surface area contributed by atoms with Gasteiger partial charge in [-0.3, -0.25) is 4.79 Å². The number of amides is 1. The number of hydrogen-bond donors (Lipinski definition) is 1. The number of fused-ring (bicyclic) bond motifs is 1. The Morgan fingerprint density at radius 2 is 1.78 bits per heavy atom. The molecule has 2 aliphatic heterocycles. The summed E-state index contributed by atoms with van der Waals surface area (Å²) in [5, 5.41) is 3.39. The Morgan fingerprint density at radius 3 is 2.52 bits per heavy atom.